The number of carboxylic acid groups (broad SMARTS) is 1. The van der Waals surface area contributed by atoms with Crippen LogP contribution in [0.25, 0.3) is 0 Å². The van der Waals surface area contributed by atoms with Crippen LogP contribution in [0.5, 0.6) is 11.5 Å². The first kappa shape index (κ1) is 25.0. The fraction of sp³-hybridized carbons (Fsp3) is 0.450. The Bertz CT molecular complexity index is 947. The molecule has 11 nitrogen and oxygen atoms in total. The maximum Gasteiger partial charge on any atom is 0.339 e. The van der Waals surface area contributed by atoms with Gasteiger partial charge in [0.05, 0.1) is 12.7 Å². The van der Waals surface area contributed by atoms with E-state index in [-0.39, 0.29) is 28.6 Å². The molecule has 0 fully saturated rings. The van der Waals surface area contributed by atoms with Crippen LogP contribution in [0, 0.1) is 6.92 Å². The maximum absolute atomic E-state index is 13.0. The lowest BCUT2D eigenvalue weighted by atomic mass is 10.0. The van der Waals surface area contributed by atoms with Crippen molar-refractivity contribution in [1.29, 1.82) is 0 Å². The quantitative estimate of drug-likeness (QED) is 0.417. The molecule has 1 heterocycles. The van der Waals surface area contributed by atoms with Crippen molar-refractivity contribution in [2.45, 2.75) is 38.6 Å². The summed E-state index contributed by atoms with van der Waals surface area (Å²) in [7, 11) is 1.39. The molecule has 1 aliphatic rings. The number of amides is 2. The minimum absolute atomic E-state index is 0.0487. The molecule has 2 amide bonds. The number of carbonyl (C=O) groups is 5. The third-order valence-electron chi connectivity index (χ3n) is 4.50. The average molecular weight is 468 g/mol. The van der Waals surface area contributed by atoms with Gasteiger partial charge in [-0.2, -0.15) is 11.8 Å². The van der Waals surface area contributed by atoms with Gasteiger partial charge in [0.1, 0.15) is 30.2 Å². The minimum Gasteiger partial charge on any atom is -0.496 e. The summed E-state index contributed by atoms with van der Waals surface area (Å²) in [6.45, 7) is 3.45. The molecule has 0 unspecified atom stereocenters. The number of ether oxygens (including phenoxy) is 3. The molecule has 3 N–H and O–H groups in total. The van der Waals surface area contributed by atoms with Crippen LogP contribution in [-0.2, 0) is 29.7 Å². The highest BCUT2D eigenvalue weighted by atomic mass is 32.2. The third kappa shape index (κ3) is 6.13. The zero-order valence-corrected chi connectivity index (χ0v) is 18.8. The number of carbonyl (C=O) groups excluding carboxylic acids is 4. The van der Waals surface area contributed by atoms with E-state index in [1.165, 1.54) is 27.0 Å². The van der Waals surface area contributed by atoms with Gasteiger partial charge >= 0.3 is 17.9 Å². The first-order chi connectivity index (χ1) is 15.0. The van der Waals surface area contributed by atoms with Gasteiger partial charge in [-0.3, -0.25) is 14.4 Å². The third-order valence-corrected chi connectivity index (χ3v) is 5.57. The summed E-state index contributed by atoms with van der Waals surface area (Å²) in [5, 5.41) is 14.1. The van der Waals surface area contributed by atoms with Crippen LogP contribution in [0.15, 0.2) is 6.07 Å². The van der Waals surface area contributed by atoms with Gasteiger partial charge < -0.3 is 30.0 Å². The lowest BCUT2D eigenvalue weighted by Gasteiger charge is -2.24. The van der Waals surface area contributed by atoms with Crippen LogP contribution in [-0.4, -0.2) is 66.4 Å². The second-order valence-corrected chi connectivity index (χ2v) is 7.95. The number of rotatable bonds is 4. The Hall–Kier alpha value is -3.28. The van der Waals surface area contributed by atoms with Gasteiger partial charge in [-0.15, -0.1) is 0 Å². The fourth-order valence-electron chi connectivity index (χ4n) is 3.05. The monoisotopic (exact) mass is 468 g/mol. The van der Waals surface area contributed by atoms with Gasteiger partial charge in [0.2, 0.25) is 11.8 Å². The molecular formula is C20H24N2O9S. The molecule has 0 saturated heterocycles. The Morgan fingerprint density at radius 3 is 2.50 bits per heavy atom. The highest BCUT2D eigenvalue weighted by Crippen LogP contribution is 2.36. The lowest BCUT2D eigenvalue weighted by molar-refractivity contribution is -0.141. The SMILES string of the molecule is COc1cc(OC(C)=O)c2c(c1C)C(=O)OC[C@H](NC(C)=O)C(=O)N[C@H](C(=O)O)CSC2. The summed E-state index contributed by atoms with van der Waals surface area (Å²) in [6, 6.07) is -1.10. The van der Waals surface area contributed by atoms with Crippen LogP contribution in [0.4, 0.5) is 0 Å². The summed E-state index contributed by atoms with van der Waals surface area (Å²) in [5.41, 5.74) is 0.805. The molecular weight excluding hydrogens is 444 g/mol. The number of esters is 2. The van der Waals surface area contributed by atoms with Gasteiger partial charge in [0, 0.05) is 42.5 Å². The summed E-state index contributed by atoms with van der Waals surface area (Å²) in [6.07, 6.45) is 0. The Kier molecular flexibility index (Phi) is 8.47. The van der Waals surface area contributed by atoms with Gasteiger partial charge in [-0.25, -0.2) is 9.59 Å². The van der Waals surface area contributed by atoms with E-state index >= 15 is 0 Å². The van der Waals surface area contributed by atoms with Crippen molar-refractivity contribution < 1.29 is 43.3 Å². The van der Waals surface area contributed by atoms with Crippen molar-refractivity contribution in [3.63, 3.8) is 0 Å². The fourth-order valence-corrected chi connectivity index (χ4v) is 4.12. The summed E-state index contributed by atoms with van der Waals surface area (Å²) < 4.78 is 15.8. The van der Waals surface area contributed by atoms with Crippen LogP contribution in [0.2, 0.25) is 0 Å². The Balaban J connectivity index is 2.58. The molecule has 32 heavy (non-hydrogen) atoms. The minimum atomic E-state index is -1.30. The highest BCUT2D eigenvalue weighted by molar-refractivity contribution is 7.98. The lowest BCUT2D eigenvalue weighted by Crippen LogP contribution is -2.54. The number of aliphatic carboxylic acids is 1. The molecule has 2 rings (SSSR count). The van der Waals surface area contributed by atoms with Gasteiger partial charge in [-0.1, -0.05) is 0 Å². The smallest absolute Gasteiger partial charge is 0.339 e. The van der Waals surface area contributed by atoms with Crippen molar-refractivity contribution >= 4 is 41.5 Å². The van der Waals surface area contributed by atoms with Crippen LogP contribution < -0.4 is 20.1 Å². The molecule has 0 bridgehead atoms. The highest BCUT2D eigenvalue weighted by Gasteiger charge is 2.31. The number of carboxylic acids is 1. The molecule has 1 aromatic carbocycles. The van der Waals surface area contributed by atoms with Gasteiger partial charge in [0.25, 0.3) is 0 Å². The molecule has 1 aliphatic heterocycles. The van der Waals surface area contributed by atoms with Crippen molar-refractivity contribution in [3.8, 4) is 11.5 Å². The Morgan fingerprint density at radius 1 is 1.25 bits per heavy atom. The van der Waals surface area contributed by atoms with Gasteiger partial charge in [0.15, 0.2) is 0 Å². The molecule has 0 spiro atoms. The predicted octanol–water partition coefficient (Wildman–Crippen LogP) is 0.407. The number of cyclic esters (lactones) is 1. The first-order valence-corrected chi connectivity index (χ1v) is 10.6. The second-order valence-electron chi connectivity index (χ2n) is 6.92. The number of thioether (sulfide) groups is 1. The normalized spacial score (nSPS) is 19.2. The molecule has 0 aliphatic carbocycles. The van der Waals surface area contributed by atoms with E-state index in [0.717, 1.165) is 11.8 Å². The zero-order valence-electron chi connectivity index (χ0n) is 18.0. The molecule has 12 heteroatoms. The molecule has 0 radical (unpaired) electrons. The Labute approximate surface area is 188 Å². The molecule has 0 aromatic heterocycles. The Morgan fingerprint density at radius 2 is 1.94 bits per heavy atom. The second kappa shape index (κ2) is 10.8. The number of fused-ring (bicyclic) bond motifs is 1. The van der Waals surface area contributed by atoms with Crippen molar-refractivity contribution in [2.75, 3.05) is 19.5 Å². The van der Waals surface area contributed by atoms with E-state index in [1.807, 2.05) is 0 Å². The van der Waals surface area contributed by atoms with Crippen LogP contribution in [0.3, 0.4) is 0 Å². The van der Waals surface area contributed by atoms with E-state index in [1.54, 1.807) is 6.92 Å². The largest absolute Gasteiger partial charge is 0.496 e. The molecule has 2 atom stereocenters. The van der Waals surface area contributed by atoms with E-state index < -0.39 is 48.4 Å². The summed E-state index contributed by atoms with van der Waals surface area (Å²) in [5.74, 6) is -3.69. The van der Waals surface area contributed by atoms with E-state index in [4.69, 9.17) is 14.2 Å². The van der Waals surface area contributed by atoms with Crippen LogP contribution in [0.1, 0.15) is 35.3 Å². The number of methoxy groups -OCH3 is 1. The standard InChI is InChI=1S/C20H24N2O9S/c1-9-15(29-4)5-16(31-11(3)24)12-7-32-8-14(19(26)27)22-18(25)13(21-10(2)23)6-30-20(28)17(9)12/h5,13-14H,6-8H2,1-4H3,(H,21,23)(H,22,25)(H,26,27)/t13-,14-/m0/s1. The zero-order chi connectivity index (χ0) is 24.0. The first-order valence-electron chi connectivity index (χ1n) is 9.49. The summed E-state index contributed by atoms with van der Waals surface area (Å²) >= 11 is 1.11. The van der Waals surface area contributed by atoms with Crippen molar-refractivity contribution in [3.05, 3.63) is 22.8 Å². The number of benzene rings is 1. The van der Waals surface area contributed by atoms with Crippen LogP contribution >= 0.6 is 11.8 Å². The van der Waals surface area contributed by atoms with E-state index in [2.05, 4.69) is 10.6 Å². The van der Waals surface area contributed by atoms with Crippen molar-refractivity contribution in [2.24, 2.45) is 0 Å². The number of nitrogens with one attached hydrogen (secondary N) is 2. The van der Waals surface area contributed by atoms with Crippen molar-refractivity contribution in [1.82, 2.24) is 10.6 Å². The molecule has 174 valence electrons. The molecule has 0 saturated carbocycles. The number of hydrogen-bond donors (Lipinski definition) is 3. The topological polar surface area (TPSA) is 157 Å². The van der Waals surface area contributed by atoms with E-state index in [0.29, 0.717) is 11.1 Å². The van der Waals surface area contributed by atoms with Gasteiger partial charge in [-0.05, 0) is 6.92 Å². The predicted molar refractivity (Wildman–Crippen MR) is 113 cm³/mol. The molecule has 1 aromatic rings. The summed E-state index contributed by atoms with van der Waals surface area (Å²) in [4.78, 5) is 60.2. The average Bonchev–Trinajstić information content (AvgIpc) is 2.70. The number of hydrogen-bond acceptors (Lipinski definition) is 9. The van der Waals surface area contributed by atoms with E-state index in [9.17, 15) is 29.1 Å². The maximum atomic E-state index is 13.0.